The lowest BCUT2D eigenvalue weighted by molar-refractivity contribution is 0.0953. The zero-order valence-corrected chi connectivity index (χ0v) is 11.8. The zero-order chi connectivity index (χ0) is 14.1. The van der Waals surface area contributed by atoms with Gasteiger partial charge in [0.05, 0.1) is 6.54 Å². The summed E-state index contributed by atoms with van der Waals surface area (Å²) in [7, 11) is 1.80. The molecule has 1 saturated carbocycles. The number of hydrogen-bond acceptors (Lipinski definition) is 7. The summed E-state index contributed by atoms with van der Waals surface area (Å²) in [6.45, 7) is 0.423. The molecular weight excluding hydrogens is 278 g/mol. The van der Waals surface area contributed by atoms with Gasteiger partial charge in [-0.25, -0.2) is 4.98 Å². The van der Waals surface area contributed by atoms with Gasteiger partial charge in [0, 0.05) is 13.1 Å². The van der Waals surface area contributed by atoms with Crippen LogP contribution in [0.1, 0.15) is 29.0 Å². The standard InChI is InChI=1S/C11H15N7OS/c1-18-5-14-7(16-18)4-13-11-8(9(12)17-20-11)10(19)15-6-2-3-6/h5-6,13H,2-4H2,1H3,(H2,12,17)(H,15,19). The first kappa shape index (κ1) is 12.9. The highest BCUT2D eigenvalue weighted by Gasteiger charge is 2.27. The Morgan fingerprint density at radius 3 is 3.05 bits per heavy atom. The van der Waals surface area contributed by atoms with Crippen LogP contribution in [0.15, 0.2) is 6.33 Å². The lowest BCUT2D eigenvalue weighted by atomic mass is 10.3. The van der Waals surface area contributed by atoms with Crippen LogP contribution in [-0.2, 0) is 13.6 Å². The van der Waals surface area contributed by atoms with E-state index in [0.29, 0.717) is 22.9 Å². The Labute approximate surface area is 119 Å². The van der Waals surface area contributed by atoms with Crippen LogP contribution in [0.25, 0.3) is 0 Å². The Morgan fingerprint density at radius 1 is 1.60 bits per heavy atom. The summed E-state index contributed by atoms with van der Waals surface area (Å²) >= 11 is 1.17. The number of rotatable bonds is 5. The summed E-state index contributed by atoms with van der Waals surface area (Å²) in [6, 6.07) is 0.284. The van der Waals surface area contributed by atoms with E-state index in [1.165, 1.54) is 11.5 Å². The predicted molar refractivity (Wildman–Crippen MR) is 75.3 cm³/mol. The molecule has 0 bridgehead atoms. The van der Waals surface area contributed by atoms with E-state index in [4.69, 9.17) is 5.73 Å². The van der Waals surface area contributed by atoms with Crippen molar-refractivity contribution in [3.05, 3.63) is 17.7 Å². The fraction of sp³-hybridized carbons (Fsp3) is 0.455. The second-order valence-corrected chi connectivity index (χ2v) is 5.48. The fourth-order valence-electron chi connectivity index (χ4n) is 1.75. The summed E-state index contributed by atoms with van der Waals surface area (Å²) in [5.74, 6) is 0.730. The number of nitrogen functional groups attached to an aromatic ring is 1. The molecule has 1 fully saturated rings. The molecule has 9 heteroatoms. The third kappa shape index (κ3) is 2.72. The second-order valence-electron chi connectivity index (χ2n) is 4.71. The van der Waals surface area contributed by atoms with Crippen molar-refractivity contribution < 1.29 is 4.79 Å². The quantitative estimate of drug-likeness (QED) is 0.734. The molecule has 2 aromatic rings. The number of hydrogen-bond donors (Lipinski definition) is 3. The summed E-state index contributed by atoms with van der Waals surface area (Å²) < 4.78 is 5.66. The van der Waals surface area contributed by atoms with Crippen molar-refractivity contribution in [1.29, 1.82) is 0 Å². The number of aryl methyl sites for hydroxylation is 1. The molecule has 0 unspecified atom stereocenters. The van der Waals surface area contributed by atoms with E-state index in [0.717, 1.165) is 12.8 Å². The van der Waals surface area contributed by atoms with Crippen LogP contribution in [0.4, 0.5) is 10.8 Å². The highest BCUT2D eigenvalue weighted by molar-refractivity contribution is 7.11. The van der Waals surface area contributed by atoms with Crippen LogP contribution in [0.5, 0.6) is 0 Å². The zero-order valence-electron chi connectivity index (χ0n) is 11.0. The van der Waals surface area contributed by atoms with E-state index in [9.17, 15) is 4.79 Å². The summed E-state index contributed by atoms with van der Waals surface area (Å²) in [4.78, 5) is 16.2. The van der Waals surface area contributed by atoms with Gasteiger partial charge in [-0.15, -0.1) is 0 Å². The van der Waals surface area contributed by atoms with Crippen LogP contribution in [0.2, 0.25) is 0 Å². The number of carbonyl (C=O) groups excluding carboxylic acids is 1. The Morgan fingerprint density at radius 2 is 2.40 bits per heavy atom. The molecule has 2 aromatic heterocycles. The number of aromatic nitrogens is 4. The maximum atomic E-state index is 12.1. The lowest BCUT2D eigenvalue weighted by Crippen LogP contribution is -2.26. The molecule has 20 heavy (non-hydrogen) atoms. The third-order valence-corrected chi connectivity index (χ3v) is 3.73. The predicted octanol–water partition coefficient (Wildman–Crippen LogP) is 0.358. The van der Waals surface area contributed by atoms with Crippen molar-refractivity contribution in [3.8, 4) is 0 Å². The maximum absolute atomic E-state index is 12.1. The maximum Gasteiger partial charge on any atom is 0.258 e. The summed E-state index contributed by atoms with van der Waals surface area (Å²) in [5.41, 5.74) is 6.19. The van der Waals surface area contributed by atoms with Crippen molar-refractivity contribution in [2.45, 2.75) is 25.4 Å². The van der Waals surface area contributed by atoms with Gasteiger partial charge in [-0.2, -0.15) is 9.47 Å². The average molecular weight is 293 g/mol. The number of amides is 1. The normalized spacial score (nSPS) is 14.2. The van der Waals surface area contributed by atoms with Crippen molar-refractivity contribution in [3.63, 3.8) is 0 Å². The Bertz CT molecular complexity index is 631. The molecule has 0 aromatic carbocycles. The first-order chi connectivity index (χ1) is 9.63. The fourth-order valence-corrected chi connectivity index (χ4v) is 2.46. The van der Waals surface area contributed by atoms with Gasteiger partial charge < -0.3 is 16.4 Å². The van der Waals surface area contributed by atoms with Gasteiger partial charge >= 0.3 is 0 Å². The van der Waals surface area contributed by atoms with E-state index in [2.05, 4.69) is 25.1 Å². The van der Waals surface area contributed by atoms with E-state index in [1.807, 2.05) is 0 Å². The molecular formula is C11H15N7OS. The second kappa shape index (κ2) is 5.08. The monoisotopic (exact) mass is 293 g/mol. The summed E-state index contributed by atoms with van der Waals surface area (Å²) in [6.07, 6.45) is 3.69. The highest BCUT2D eigenvalue weighted by Crippen LogP contribution is 2.28. The van der Waals surface area contributed by atoms with Gasteiger partial charge in [0.15, 0.2) is 11.6 Å². The molecule has 106 valence electrons. The van der Waals surface area contributed by atoms with Gasteiger partial charge in [-0.05, 0) is 24.4 Å². The number of anilines is 2. The van der Waals surface area contributed by atoms with Crippen molar-refractivity contribution >= 4 is 28.3 Å². The van der Waals surface area contributed by atoms with Crippen molar-refractivity contribution in [1.82, 2.24) is 24.5 Å². The van der Waals surface area contributed by atoms with E-state index >= 15 is 0 Å². The first-order valence-electron chi connectivity index (χ1n) is 6.28. The smallest absolute Gasteiger partial charge is 0.258 e. The Kier molecular flexibility index (Phi) is 3.26. The SMILES string of the molecule is Cn1cnc(CNc2snc(N)c2C(=O)NC2CC2)n1. The van der Waals surface area contributed by atoms with E-state index in [-0.39, 0.29) is 17.8 Å². The van der Waals surface area contributed by atoms with Gasteiger partial charge in [-0.3, -0.25) is 9.48 Å². The third-order valence-electron chi connectivity index (χ3n) is 2.91. The van der Waals surface area contributed by atoms with Crippen LogP contribution >= 0.6 is 11.5 Å². The number of nitrogens with zero attached hydrogens (tertiary/aromatic N) is 4. The number of carbonyl (C=O) groups is 1. The highest BCUT2D eigenvalue weighted by atomic mass is 32.1. The van der Waals surface area contributed by atoms with Crippen LogP contribution in [-0.4, -0.2) is 31.1 Å². The number of nitrogens with two attached hydrogens (primary N) is 1. The lowest BCUT2D eigenvalue weighted by Gasteiger charge is -2.06. The van der Waals surface area contributed by atoms with Gasteiger partial charge in [0.2, 0.25) is 0 Å². The molecule has 0 spiro atoms. The van der Waals surface area contributed by atoms with Gasteiger partial charge in [0.25, 0.3) is 5.91 Å². The molecule has 3 rings (SSSR count). The number of nitrogens with one attached hydrogen (secondary N) is 2. The molecule has 1 aliphatic rings. The van der Waals surface area contributed by atoms with Crippen LogP contribution < -0.4 is 16.4 Å². The molecule has 1 aliphatic carbocycles. The molecule has 0 atom stereocenters. The minimum Gasteiger partial charge on any atom is -0.382 e. The van der Waals surface area contributed by atoms with Crippen LogP contribution in [0, 0.1) is 0 Å². The average Bonchev–Trinajstić information content (AvgIpc) is 2.99. The van der Waals surface area contributed by atoms with Gasteiger partial charge in [-0.1, -0.05) is 0 Å². The van der Waals surface area contributed by atoms with Gasteiger partial charge in [0.1, 0.15) is 16.9 Å². The molecule has 0 aliphatic heterocycles. The Balaban J connectivity index is 1.70. The Hall–Kier alpha value is -2.16. The topological polar surface area (TPSA) is 111 Å². The minimum absolute atomic E-state index is 0.171. The van der Waals surface area contributed by atoms with Crippen molar-refractivity contribution in [2.75, 3.05) is 11.1 Å². The van der Waals surface area contributed by atoms with Crippen molar-refractivity contribution in [2.24, 2.45) is 7.05 Å². The van der Waals surface area contributed by atoms with Crippen LogP contribution in [0.3, 0.4) is 0 Å². The molecule has 1 amide bonds. The largest absolute Gasteiger partial charge is 0.382 e. The summed E-state index contributed by atoms with van der Waals surface area (Å²) in [5, 5.41) is 10.8. The molecule has 2 heterocycles. The molecule has 8 nitrogen and oxygen atoms in total. The van der Waals surface area contributed by atoms with E-state index in [1.54, 1.807) is 18.1 Å². The molecule has 4 N–H and O–H groups in total. The molecule has 0 saturated heterocycles. The minimum atomic E-state index is -0.171. The first-order valence-corrected chi connectivity index (χ1v) is 7.05. The molecule has 0 radical (unpaired) electrons. The van der Waals surface area contributed by atoms with E-state index < -0.39 is 0 Å².